The van der Waals surface area contributed by atoms with Gasteiger partial charge in [0.25, 0.3) is 0 Å². The van der Waals surface area contributed by atoms with E-state index in [4.69, 9.17) is 4.74 Å². The number of methoxy groups -OCH3 is 1. The van der Waals surface area contributed by atoms with Crippen molar-refractivity contribution in [2.24, 2.45) is 0 Å². The van der Waals surface area contributed by atoms with Gasteiger partial charge in [-0.05, 0) is 38.0 Å². The minimum atomic E-state index is -0.0433. The fourth-order valence-electron chi connectivity index (χ4n) is 2.33. The number of amides is 1. The van der Waals surface area contributed by atoms with Crippen LogP contribution in [0, 0.1) is 13.8 Å². The number of ether oxygens (including phenoxy) is 1. The van der Waals surface area contributed by atoms with Crippen molar-refractivity contribution in [3.8, 4) is 5.75 Å². The molecule has 0 aliphatic carbocycles. The van der Waals surface area contributed by atoms with Gasteiger partial charge in [-0.2, -0.15) is 0 Å². The number of nitrogens with one attached hydrogen (secondary N) is 1. The summed E-state index contributed by atoms with van der Waals surface area (Å²) in [4.78, 5) is 22.9. The summed E-state index contributed by atoms with van der Waals surface area (Å²) in [7, 11) is 5.42. The normalized spacial score (nSPS) is 10.4. The van der Waals surface area contributed by atoms with Crippen LogP contribution >= 0.6 is 0 Å². The van der Waals surface area contributed by atoms with Gasteiger partial charge in [-0.25, -0.2) is 9.97 Å². The molecule has 1 heterocycles. The highest BCUT2D eigenvalue weighted by atomic mass is 16.5. The third kappa shape index (κ3) is 4.44. The third-order valence-corrected chi connectivity index (χ3v) is 3.72. The lowest BCUT2D eigenvalue weighted by Gasteiger charge is -2.15. The molecule has 2 aromatic rings. The van der Waals surface area contributed by atoms with Crippen LogP contribution in [0.15, 0.2) is 24.3 Å². The smallest absolute Gasteiger partial charge is 0.225 e. The van der Waals surface area contributed by atoms with Crippen molar-refractivity contribution in [2.75, 3.05) is 31.4 Å². The van der Waals surface area contributed by atoms with Gasteiger partial charge < -0.3 is 15.0 Å². The second-order valence-electron chi connectivity index (χ2n) is 5.86. The number of rotatable bonds is 6. The SMILES string of the molecule is COc1ccc(CCC(=O)Nc2c(C)nc(N(C)C)nc2C)cc1. The van der Waals surface area contributed by atoms with E-state index in [1.807, 2.05) is 57.1 Å². The summed E-state index contributed by atoms with van der Waals surface area (Å²) in [6, 6.07) is 7.74. The molecule has 1 aromatic heterocycles. The lowest BCUT2D eigenvalue weighted by Crippen LogP contribution is -2.18. The summed E-state index contributed by atoms with van der Waals surface area (Å²) in [5.41, 5.74) is 3.33. The van der Waals surface area contributed by atoms with Crippen LogP contribution in [0.3, 0.4) is 0 Å². The Balaban J connectivity index is 1.99. The molecule has 6 nitrogen and oxygen atoms in total. The Bertz CT molecular complexity index is 688. The van der Waals surface area contributed by atoms with Crippen LogP contribution < -0.4 is 15.0 Å². The number of hydrogen-bond acceptors (Lipinski definition) is 5. The van der Waals surface area contributed by atoms with Gasteiger partial charge in [0.2, 0.25) is 11.9 Å². The number of aromatic nitrogens is 2. The van der Waals surface area contributed by atoms with E-state index in [9.17, 15) is 4.79 Å². The summed E-state index contributed by atoms with van der Waals surface area (Å²) in [5, 5.41) is 2.93. The lowest BCUT2D eigenvalue weighted by molar-refractivity contribution is -0.116. The Morgan fingerprint density at radius 1 is 1.12 bits per heavy atom. The maximum absolute atomic E-state index is 12.2. The fourth-order valence-corrected chi connectivity index (χ4v) is 2.33. The molecule has 6 heteroatoms. The molecule has 0 saturated carbocycles. The quantitative estimate of drug-likeness (QED) is 0.883. The number of nitrogens with zero attached hydrogens (tertiary/aromatic N) is 3. The number of benzene rings is 1. The van der Waals surface area contributed by atoms with Gasteiger partial charge >= 0.3 is 0 Å². The molecule has 1 aromatic carbocycles. The van der Waals surface area contributed by atoms with Gasteiger partial charge in [0.15, 0.2) is 0 Å². The Labute approximate surface area is 142 Å². The second kappa shape index (κ2) is 7.77. The van der Waals surface area contributed by atoms with Crippen LogP contribution in [0.25, 0.3) is 0 Å². The molecular weight excluding hydrogens is 304 g/mol. The van der Waals surface area contributed by atoms with E-state index < -0.39 is 0 Å². The Morgan fingerprint density at radius 2 is 1.71 bits per heavy atom. The number of carbonyl (C=O) groups excluding carboxylic acids is 1. The molecule has 1 amide bonds. The summed E-state index contributed by atoms with van der Waals surface area (Å²) < 4.78 is 5.13. The third-order valence-electron chi connectivity index (χ3n) is 3.72. The average Bonchev–Trinajstić information content (AvgIpc) is 2.56. The maximum Gasteiger partial charge on any atom is 0.225 e. The molecule has 0 fully saturated rings. The van der Waals surface area contributed by atoms with Crippen LogP contribution in [0.4, 0.5) is 11.6 Å². The Morgan fingerprint density at radius 3 is 2.21 bits per heavy atom. The highest BCUT2D eigenvalue weighted by Gasteiger charge is 2.12. The topological polar surface area (TPSA) is 67.3 Å². The average molecular weight is 328 g/mol. The molecular formula is C18H24N4O2. The van der Waals surface area contributed by atoms with Crippen LogP contribution in [0.2, 0.25) is 0 Å². The molecule has 1 N–H and O–H groups in total. The first-order chi connectivity index (χ1) is 11.4. The minimum Gasteiger partial charge on any atom is -0.497 e. The van der Waals surface area contributed by atoms with Crippen molar-refractivity contribution in [3.05, 3.63) is 41.2 Å². The van der Waals surface area contributed by atoms with E-state index >= 15 is 0 Å². The summed E-state index contributed by atoms with van der Waals surface area (Å²) in [5.74, 6) is 1.41. The van der Waals surface area contributed by atoms with Crippen molar-refractivity contribution in [3.63, 3.8) is 0 Å². The predicted molar refractivity (Wildman–Crippen MR) is 95.8 cm³/mol. The number of aryl methyl sites for hydroxylation is 3. The highest BCUT2D eigenvalue weighted by molar-refractivity contribution is 5.92. The van der Waals surface area contributed by atoms with Crippen molar-refractivity contribution in [2.45, 2.75) is 26.7 Å². The monoisotopic (exact) mass is 328 g/mol. The van der Waals surface area contributed by atoms with Crippen LogP contribution in [-0.4, -0.2) is 37.1 Å². The number of carbonyl (C=O) groups is 1. The van der Waals surface area contributed by atoms with Gasteiger partial charge in [0.05, 0.1) is 24.2 Å². The van der Waals surface area contributed by atoms with Crippen LogP contribution in [0.1, 0.15) is 23.4 Å². The largest absolute Gasteiger partial charge is 0.497 e. The molecule has 0 unspecified atom stereocenters. The summed E-state index contributed by atoms with van der Waals surface area (Å²) >= 11 is 0. The van der Waals surface area contributed by atoms with Gasteiger partial charge in [-0.3, -0.25) is 4.79 Å². The standard InChI is InChI=1S/C18H24N4O2/c1-12-17(13(2)20-18(19-12)22(3)4)21-16(23)11-8-14-6-9-15(24-5)10-7-14/h6-7,9-10H,8,11H2,1-5H3,(H,21,23). The molecule has 0 bridgehead atoms. The zero-order valence-electron chi connectivity index (χ0n) is 14.9. The predicted octanol–water partition coefficient (Wildman–Crippen LogP) is 2.74. The van der Waals surface area contributed by atoms with Gasteiger partial charge in [0.1, 0.15) is 5.75 Å². The molecule has 2 rings (SSSR count). The maximum atomic E-state index is 12.2. The zero-order valence-corrected chi connectivity index (χ0v) is 14.9. The van der Waals surface area contributed by atoms with Gasteiger partial charge in [0, 0.05) is 20.5 Å². The van der Waals surface area contributed by atoms with Gasteiger partial charge in [-0.1, -0.05) is 12.1 Å². The Hall–Kier alpha value is -2.63. The molecule has 128 valence electrons. The van der Waals surface area contributed by atoms with E-state index in [0.29, 0.717) is 24.5 Å². The molecule has 24 heavy (non-hydrogen) atoms. The molecule has 0 aliphatic rings. The van der Waals surface area contributed by atoms with E-state index in [-0.39, 0.29) is 5.91 Å². The zero-order chi connectivity index (χ0) is 17.7. The van der Waals surface area contributed by atoms with Crippen molar-refractivity contribution >= 4 is 17.5 Å². The van der Waals surface area contributed by atoms with Crippen LogP contribution in [-0.2, 0) is 11.2 Å². The molecule has 0 radical (unpaired) electrons. The second-order valence-corrected chi connectivity index (χ2v) is 5.86. The summed E-state index contributed by atoms with van der Waals surface area (Å²) in [6.45, 7) is 3.75. The Kier molecular flexibility index (Phi) is 5.73. The fraction of sp³-hybridized carbons (Fsp3) is 0.389. The molecule has 0 aliphatic heterocycles. The first kappa shape index (κ1) is 17.7. The number of hydrogen-bond donors (Lipinski definition) is 1. The highest BCUT2D eigenvalue weighted by Crippen LogP contribution is 2.20. The van der Waals surface area contributed by atoms with E-state index in [0.717, 1.165) is 22.7 Å². The molecule has 0 atom stereocenters. The van der Waals surface area contributed by atoms with Crippen LogP contribution in [0.5, 0.6) is 5.75 Å². The lowest BCUT2D eigenvalue weighted by atomic mass is 10.1. The number of anilines is 2. The van der Waals surface area contributed by atoms with E-state index in [2.05, 4.69) is 15.3 Å². The first-order valence-electron chi connectivity index (χ1n) is 7.86. The molecule has 0 spiro atoms. The van der Waals surface area contributed by atoms with Crippen molar-refractivity contribution in [1.29, 1.82) is 0 Å². The van der Waals surface area contributed by atoms with Crippen molar-refractivity contribution < 1.29 is 9.53 Å². The first-order valence-corrected chi connectivity index (χ1v) is 7.86. The van der Waals surface area contributed by atoms with Crippen molar-refractivity contribution in [1.82, 2.24) is 9.97 Å². The van der Waals surface area contributed by atoms with E-state index in [1.54, 1.807) is 7.11 Å². The molecule has 0 saturated heterocycles. The summed E-state index contributed by atoms with van der Waals surface area (Å²) in [6.07, 6.45) is 1.07. The minimum absolute atomic E-state index is 0.0433. The van der Waals surface area contributed by atoms with Gasteiger partial charge in [-0.15, -0.1) is 0 Å². The van der Waals surface area contributed by atoms with E-state index in [1.165, 1.54) is 0 Å².